The number of hydrogen-bond acceptors (Lipinski definition) is 3. The van der Waals surface area contributed by atoms with Crippen molar-refractivity contribution in [3.05, 3.63) is 35.4 Å². The summed E-state index contributed by atoms with van der Waals surface area (Å²) < 4.78 is 0. The number of aromatic carboxylic acids is 1. The number of carboxylic acid groups (broad SMARTS) is 1. The Morgan fingerprint density at radius 1 is 1.32 bits per heavy atom. The molecule has 3 rings (SSSR count). The van der Waals surface area contributed by atoms with Crippen molar-refractivity contribution < 1.29 is 9.90 Å². The van der Waals surface area contributed by atoms with Gasteiger partial charge in [-0.1, -0.05) is 12.1 Å². The molecule has 1 aromatic carbocycles. The molecule has 1 atom stereocenters. The quantitative estimate of drug-likeness (QED) is 0.897. The van der Waals surface area contributed by atoms with E-state index in [9.17, 15) is 4.79 Å². The third-order valence-electron chi connectivity index (χ3n) is 4.25. The molecule has 2 fully saturated rings. The fourth-order valence-electron chi connectivity index (χ4n) is 3.26. The second-order valence-corrected chi connectivity index (χ2v) is 5.57. The summed E-state index contributed by atoms with van der Waals surface area (Å²) in [6.45, 7) is 5.49. The molecule has 1 N–H and O–H groups in total. The van der Waals surface area contributed by atoms with E-state index in [2.05, 4.69) is 9.80 Å². The predicted molar refractivity (Wildman–Crippen MR) is 73.3 cm³/mol. The summed E-state index contributed by atoms with van der Waals surface area (Å²) in [4.78, 5) is 16.0. The first-order valence-corrected chi connectivity index (χ1v) is 7.01. The van der Waals surface area contributed by atoms with Crippen molar-refractivity contribution in [2.45, 2.75) is 25.4 Å². The second kappa shape index (κ2) is 5.31. The molecular formula is C15H20N2O2. The molecular weight excluding hydrogens is 240 g/mol. The van der Waals surface area contributed by atoms with Gasteiger partial charge in [-0.2, -0.15) is 0 Å². The molecule has 2 saturated heterocycles. The molecule has 4 heteroatoms. The lowest BCUT2D eigenvalue weighted by molar-refractivity contribution is 0.0696. The molecule has 2 aliphatic rings. The van der Waals surface area contributed by atoms with E-state index in [0.717, 1.165) is 37.8 Å². The molecule has 102 valence electrons. The Labute approximate surface area is 113 Å². The van der Waals surface area contributed by atoms with E-state index in [0.29, 0.717) is 5.56 Å². The third-order valence-corrected chi connectivity index (χ3v) is 4.25. The average molecular weight is 260 g/mol. The number of rotatable bonds is 3. The first-order valence-electron chi connectivity index (χ1n) is 7.01. The molecule has 0 spiro atoms. The molecule has 19 heavy (non-hydrogen) atoms. The SMILES string of the molecule is O=C(O)c1cccc(CN2CCN3CCC[C@@H]3C2)c1. The summed E-state index contributed by atoms with van der Waals surface area (Å²) >= 11 is 0. The van der Waals surface area contributed by atoms with E-state index in [1.165, 1.54) is 19.4 Å². The molecule has 0 unspecified atom stereocenters. The Hall–Kier alpha value is -1.39. The zero-order valence-corrected chi connectivity index (χ0v) is 11.1. The normalized spacial score (nSPS) is 24.3. The van der Waals surface area contributed by atoms with Gasteiger partial charge < -0.3 is 5.11 Å². The van der Waals surface area contributed by atoms with E-state index >= 15 is 0 Å². The maximum atomic E-state index is 11.0. The zero-order valence-electron chi connectivity index (χ0n) is 11.1. The molecule has 0 saturated carbocycles. The average Bonchev–Trinajstić information content (AvgIpc) is 2.86. The minimum atomic E-state index is -0.845. The minimum Gasteiger partial charge on any atom is -0.478 e. The molecule has 2 aliphatic heterocycles. The number of hydrogen-bond donors (Lipinski definition) is 1. The molecule has 0 aromatic heterocycles. The van der Waals surface area contributed by atoms with E-state index < -0.39 is 5.97 Å². The first kappa shape index (κ1) is 12.6. The summed E-state index contributed by atoms with van der Waals surface area (Å²) in [6.07, 6.45) is 2.64. The van der Waals surface area contributed by atoms with Gasteiger partial charge in [0.1, 0.15) is 0 Å². The van der Waals surface area contributed by atoms with Crippen LogP contribution in [-0.2, 0) is 6.54 Å². The van der Waals surface area contributed by atoms with Gasteiger partial charge in [-0.25, -0.2) is 4.79 Å². The number of nitrogens with zero attached hydrogens (tertiary/aromatic N) is 2. The van der Waals surface area contributed by atoms with Crippen molar-refractivity contribution in [1.29, 1.82) is 0 Å². The molecule has 2 heterocycles. The maximum absolute atomic E-state index is 11.0. The van der Waals surface area contributed by atoms with Crippen molar-refractivity contribution >= 4 is 5.97 Å². The number of fused-ring (bicyclic) bond motifs is 1. The van der Waals surface area contributed by atoms with Crippen LogP contribution < -0.4 is 0 Å². The smallest absolute Gasteiger partial charge is 0.335 e. The van der Waals surface area contributed by atoms with E-state index in [1.807, 2.05) is 12.1 Å². The lowest BCUT2D eigenvalue weighted by atomic mass is 10.1. The van der Waals surface area contributed by atoms with Crippen LogP contribution in [0.25, 0.3) is 0 Å². The maximum Gasteiger partial charge on any atom is 0.335 e. The molecule has 1 aromatic rings. The zero-order chi connectivity index (χ0) is 13.2. The fourth-order valence-corrected chi connectivity index (χ4v) is 3.26. The van der Waals surface area contributed by atoms with Crippen LogP contribution in [0.2, 0.25) is 0 Å². The highest BCUT2D eigenvalue weighted by Gasteiger charge is 2.30. The lowest BCUT2D eigenvalue weighted by Crippen LogP contribution is -2.49. The Balaban J connectivity index is 1.65. The van der Waals surface area contributed by atoms with Gasteiger partial charge in [-0.3, -0.25) is 9.80 Å². The van der Waals surface area contributed by atoms with Gasteiger partial charge in [-0.05, 0) is 37.1 Å². The fraction of sp³-hybridized carbons (Fsp3) is 0.533. The highest BCUT2D eigenvalue weighted by molar-refractivity contribution is 5.87. The van der Waals surface area contributed by atoms with E-state index in [1.54, 1.807) is 12.1 Å². The van der Waals surface area contributed by atoms with Crippen molar-refractivity contribution in [2.75, 3.05) is 26.2 Å². The number of carboxylic acids is 1. The standard InChI is InChI=1S/C15H20N2O2/c18-15(19)13-4-1-3-12(9-13)10-16-7-8-17-6-2-5-14(17)11-16/h1,3-4,9,14H,2,5-8,10-11H2,(H,18,19)/t14-/m1/s1. The van der Waals surface area contributed by atoms with Crippen LogP contribution in [-0.4, -0.2) is 53.1 Å². The summed E-state index contributed by atoms with van der Waals surface area (Å²) in [5.74, 6) is -0.845. The highest BCUT2D eigenvalue weighted by atomic mass is 16.4. The van der Waals surface area contributed by atoms with Gasteiger partial charge >= 0.3 is 5.97 Å². The Morgan fingerprint density at radius 2 is 2.21 bits per heavy atom. The van der Waals surface area contributed by atoms with Gasteiger partial charge in [-0.15, -0.1) is 0 Å². The van der Waals surface area contributed by atoms with Gasteiger partial charge in [0.15, 0.2) is 0 Å². The molecule has 0 bridgehead atoms. The van der Waals surface area contributed by atoms with Gasteiger partial charge in [0.25, 0.3) is 0 Å². The number of piperazine rings is 1. The van der Waals surface area contributed by atoms with Crippen molar-refractivity contribution in [2.24, 2.45) is 0 Å². The first-order chi connectivity index (χ1) is 9.22. The van der Waals surface area contributed by atoms with Crippen molar-refractivity contribution in [3.8, 4) is 0 Å². The Kier molecular flexibility index (Phi) is 3.53. The van der Waals surface area contributed by atoms with E-state index in [4.69, 9.17) is 5.11 Å². The van der Waals surface area contributed by atoms with Gasteiger partial charge in [0.05, 0.1) is 5.56 Å². The topological polar surface area (TPSA) is 43.8 Å². The predicted octanol–water partition coefficient (Wildman–Crippen LogP) is 1.66. The van der Waals surface area contributed by atoms with Gasteiger partial charge in [0.2, 0.25) is 0 Å². The van der Waals surface area contributed by atoms with Crippen LogP contribution in [0.5, 0.6) is 0 Å². The minimum absolute atomic E-state index is 0.386. The largest absolute Gasteiger partial charge is 0.478 e. The molecule has 0 radical (unpaired) electrons. The van der Waals surface area contributed by atoms with Crippen LogP contribution >= 0.6 is 0 Å². The van der Waals surface area contributed by atoms with Crippen molar-refractivity contribution in [1.82, 2.24) is 9.80 Å². The second-order valence-electron chi connectivity index (χ2n) is 5.57. The monoisotopic (exact) mass is 260 g/mol. The number of benzene rings is 1. The summed E-state index contributed by atoms with van der Waals surface area (Å²) in [7, 11) is 0. The van der Waals surface area contributed by atoms with Crippen molar-refractivity contribution in [3.63, 3.8) is 0 Å². The number of carbonyl (C=O) groups is 1. The summed E-state index contributed by atoms with van der Waals surface area (Å²) in [5.41, 5.74) is 1.49. The Bertz CT molecular complexity index is 475. The highest BCUT2D eigenvalue weighted by Crippen LogP contribution is 2.22. The molecule has 0 aliphatic carbocycles. The molecule has 4 nitrogen and oxygen atoms in total. The Morgan fingerprint density at radius 3 is 3.05 bits per heavy atom. The summed E-state index contributed by atoms with van der Waals surface area (Å²) in [5, 5.41) is 9.02. The van der Waals surface area contributed by atoms with Crippen LogP contribution in [0.3, 0.4) is 0 Å². The van der Waals surface area contributed by atoms with E-state index in [-0.39, 0.29) is 0 Å². The third kappa shape index (κ3) is 2.80. The van der Waals surface area contributed by atoms with Crippen LogP contribution in [0.4, 0.5) is 0 Å². The van der Waals surface area contributed by atoms with Crippen LogP contribution in [0.15, 0.2) is 24.3 Å². The van der Waals surface area contributed by atoms with Crippen LogP contribution in [0.1, 0.15) is 28.8 Å². The summed E-state index contributed by atoms with van der Waals surface area (Å²) in [6, 6.07) is 8.03. The molecule has 0 amide bonds. The van der Waals surface area contributed by atoms with Gasteiger partial charge in [0, 0.05) is 32.2 Å². The van der Waals surface area contributed by atoms with Crippen LogP contribution in [0, 0.1) is 0 Å². The lowest BCUT2D eigenvalue weighted by Gasteiger charge is -2.37.